The van der Waals surface area contributed by atoms with Gasteiger partial charge in [-0.3, -0.25) is 0 Å². The van der Waals surface area contributed by atoms with E-state index < -0.39 is 5.97 Å². The summed E-state index contributed by atoms with van der Waals surface area (Å²) in [7, 11) is 0. The van der Waals surface area contributed by atoms with Gasteiger partial charge < -0.3 is 5.11 Å². The molecule has 1 rings (SSSR count). The van der Waals surface area contributed by atoms with Crippen LogP contribution in [0.15, 0.2) is 36.4 Å². The summed E-state index contributed by atoms with van der Waals surface area (Å²) < 4.78 is 1.14. The van der Waals surface area contributed by atoms with Crippen LogP contribution in [0.2, 0.25) is 0 Å². The van der Waals surface area contributed by atoms with Crippen LogP contribution in [0.5, 0.6) is 0 Å². The Morgan fingerprint density at radius 1 is 1.38 bits per heavy atom. The van der Waals surface area contributed by atoms with E-state index in [9.17, 15) is 4.79 Å². The molecule has 0 aliphatic carbocycles. The van der Waals surface area contributed by atoms with E-state index >= 15 is 0 Å². The Labute approximate surface area is 90.4 Å². The highest BCUT2D eigenvalue weighted by Crippen LogP contribution is 2.10. The molecule has 13 heavy (non-hydrogen) atoms. The average Bonchev–Trinajstić information content (AvgIpc) is 2.08. The summed E-state index contributed by atoms with van der Waals surface area (Å²) in [5.74, 6) is -0.932. The summed E-state index contributed by atoms with van der Waals surface area (Å²) in [4.78, 5) is 10.5. The molecule has 0 saturated heterocycles. The number of carboxylic acid groups (broad SMARTS) is 1. The van der Waals surface area contributed by atoms with Crippen LogP contribution >= 0.6 is 22.6 Å². The van der Waals surface area contributed by atoms with Gasteiger partial charge >= 0.3 is 5.97 Å². The zero-order valence-corrected chi connectivity index (χ0v) is 9.11. The second-order valence-corrected chi connectivity index (χ2v) is 3.96. The molecule has 0 radical (unpaired) electrons. The van der Waals surface area contributed by atoms with Crippen molar-refractivity contribution in [3.63, 3.8) is 0 Å². The molecule has 1 aromatic rings. The molecule has 0 fully saturated rings. The van der Waals surface area contributed by atoms with Gasteiger partial charge in [0.2, 0.25) is 0 Å². The molecule has 0 aliphatic rings. The minimum Gasteiger partial charge on any atom is -0.478 e. The molecule has 0 saturated carbocycles. The van der Waals surface area contributed by atoms with Crippen LogP contribution in [0, 0.1) is 3.57 Å². The first-order chi connectivity index (χ1) is 6.09. The number of aliphatic carboxylic acids is 1. The molecular weight excluding hydrogens is 279 g/mol. The third kappa shape index (κ3) is 3.18. The van der Waals surface area contributed by atoms with Gasteiger partial charge in [0.1, 0.15) is 0 Å². The molecule has 1 aromatic carbocycles. The summed E-state index contributed by atoms with van der Waals surface area (Å²) in [5, 5.41) is 8.60. The third-order valence-electron chi connectivity index (χ3n) is 1.63. The fourth-order valence-electron chi connectivity index (χ4n) is 0.924. The van der Waals surface area contributed by atoms with E-state index in [2.05, 4.69) is 29.2 Å². The van der Waals surface area contributed by atoms with Crippen LogP contribution in [0.1, 0.15) is 5.56 Å². The summed E-state index contributed by atoms with van der Waals surface area (Å²) in [6.45, 7) is 3.47. The number of carbonyl (C=O) groups is 1. The highest BCUT2D eigenvalue weighted by Gasteiger charge is 2.04. The van der Waals surface area contributed by atoms with Gasteiger partial charge in [-0.25, -0.2) is 4.79 Å². The molecule has 1 N–H and O–H groups in total. The van der Waals surface area contributed by atoms with Crippen molar-refractivity contribution < 1.29 is 9.90 Å². The topological polar surface area (TPSA) is 37.3 Å². The minimum atomic E-state index is -0.932. The van der Waals surface area contributed by atoms with Crippen molar-refractivity contribution in [1.82, 2.24) is 0 Å². The Kier molecular flexibility index (Phi) is 3.48. The first-order valence-electron chi connectivity index (χ1n) is 3.75. The summed E-state index contributed by atoms with van der Waals surface area (Å²) in [5.41, 5.74) is 1.20. The van der Waals surface area contributed by atoms with E-state index in [4.69, 9.17) is 5.11 Å². The van der Waals surface area contributed by atoms with Crippen LogP contribution in [0.25, 0.3) is 0 Å². The predicted molar refractivity (Wildman–Crippen MR) is 59.6 cm³/mol. The van der Waals surface area contributed by atoms with Gasteiger partial charge in [0.25, 0.3) is 0 Å². The number of hydrogen-bond acceptors (Lipinski definition) is 1. The van der Waals surface area contributed by atoms with E-state index in [1.807, 2.05) is 24.3 Å². The van der Waals surface area contributed by atoms with Crippen molar-refractivity contribution in [1.29, 1.82) is 0 Å². The van der Waals surface area contributed by atoms with Crippen molar-refractivity contribution in [2.75, 3.05) is 0 Å². The van der Waals surface area contributed by atoms with Crippen molar-refractivity contribution in [3.8, 4) is 0 Å². The van der Waals surface area contributed by atoms with Gasteiger partial charge in [0, 0.05) is 15.6 Å². The normalized spacial score (nSPS) is 9.62. The number of rotatable bonds is 3. The molecule has 0 atom stereocenters. The highest BCUT2D eigenvalue weighted by atomic mass is 127. The van der Waals surface area contributed by atoms with Gasteiger partial charge in [0.15, 0.2) is 0 Å². The van der Waals surface area contributed by atoms with E-state index in [-0.39, 0.29) is 5.57 Å². The lowest BCUT2D eigenvalue weighted by molar-refractivity contribution is -0.132. The lowest BCUT2D eigenvalue weighted by atomic mass is 10.1. The first kappa shape index (κ1) is 10.2. The van der Waals surface area contributed by atoms with Gasteiger partial charge in [-0.2, -0.15) is 0 Å². The molecule has 0 aliphatic heterocycles. The summed E-state index contributed by atoms with van der Waals surface area (Å²) >= 11 is 2.20. The Bertz CT molecular complexity index is 327. The molecule has 0 heterocycles. The van der Waals surface area contributed by atoms with Crippen molar-refractivity contribution in [2.24, 2.45) is 0 Å². The molecular formula is C10H9IO2. The lowest BCUT2D eigenvalue weighted by Gasteiger charge is -2.00. The fraction of sp³-hybridized carbons (Fsp3) is 0.100. The molecule has 0 bridgehead atoms. The number of halogens is 1. The van der Waals surface area contributed by atoms with Gasteiger partial charge in [-0.05, 0) is 40.3 Å². The second-order valence-electron chi connectivity index (χ2n) is 2.71. The summed E-state index contributed by atoms with van der Waals surface area (Å²) in [6, 6.07) is 7.72. The van der Waals surface area contributed by atoms with Crippen LogP contribution < -0.4 is 0 Å². The SMILES string of the molecule is C=C(Cc1ccc(I)cc1)C(=O)O. The average molecular weight is 288 g/mol. The standard InChI is InChI=1S/C10H9IO2/c1-7(10(12)13)6-8-2-4-9(11)5-3-8/h2-5H,1,6H2,(H,12,13). The third-order valence-corrected chi connectivity index (χ3v) is 2.35. The molecule has 0 aromatic heterocycles. The smallest absolute Gasteiger partial charge is 0.331 e. The van der Waals surface area contributed by atoms with E-state index in [1.165, 1.54) is 0 Å². The first-order valence-corrected chi connectivity index (χ1v) is 4.83. The maximum absolute atomic E-state index is 10.5. The second kappa shape index (κ2) is 4.41. The monoisotopic (exact) mass is 288 g/mol. The van der Waals surface area contributed by atoms with Gasteiger partial charge in [0.05, 0.1) is 0 Å². The zero-order valence-electron chi connectivity index (χ0n) is 6.96. The highest BCUT2D eigenvalue weighted by molar-refractivity contribution is 14.1. The van der Waals surface area contributed by atoms with Crippen LogP contribution in [0.4, 0.5) is 0 Å². The number of carboxylic acids is 1. The lowest BCUT2D eigenvalue weighted by Crippen LogP contribution is -2.01. The quantitative estimate of drug-likeness (QED) is 0.685. The Morgan fingerprint density at radius 2 is 1.92 bits per heavy atom. The molecule has 0 unspecified atom stereocenters. The maximum Gasteiger partial charge on any atom is 0.331 e. The van der Waals surface area contributed by atoms with Crippen LogP contribution in [-0.2, 0) is 11.2 Å². The molecule has 3 heteroatoms. The molecule has 0 amide bonds. The van der Waals surface area contributed by atoms with E-state index in [0.29, 0.717) is 6.42 Å². The van der Waals surface area contributed by atoms with Gasteiger partial charge in [-0.1, -0.05) is 18.7 Å². The molecule has 68 valence electrons. The van der Waals surface area contributed by atoms with Crippen molar-refractivity contribution >= 4 is 28.6 Å². The number of benzene rings is 1. The minimum absolute atomic E-state index is 0.223. The van der Waals surface area contributed by atoms with Crippen molar-refractivity contribution in [3.05, 3.63) is 45.6 Å². The Balaban J connectivity index is 2.70. The Hall–Kier alpha value is -0.840. The predicted octanol–water partition coefficient (Wildman–Crippen LogP) is 2.47. The zero-order chi connectivity index (χ0) is 9.84. The van der Waals surface area contributed by atoms with Crippen LogP contribution in [-0.4, -0.2) is 11.1 Å². The van der Waals surface area contributed by atoms with E-state index in [0.717, 1.165) is 9.13 Å². The summed E-state index contributed by atoms with van der Waals surface area (Å²) in [6.07, 6.45) is 0.409. The largest absolute Gasteiger partial charge is 0.478 e. The number of hydrogen-bond donors (Lipinski definition) is 1. The van der Waals surface area contributed by atoms with Crippen molar-refractivity contribution in [2.45, 2.75) is 6.42 Å². The molecule has 2 nitrogen and oxygen atoms in total. The van der Waals surface area contributed by atoms with E-state index in [1.54, 1.807) is 0 Å². The van der Waals surface area contributed by atoms with Crippen LogP contribution in [0.3, 0.4) is 0 Å². The fourth-order valence-corrected chi connectivity index (χ4v) is 1.28. The Morgan fingerprint density at radius 3 is 2.38 bits per heavy atom. The molecule has 0 spiro atoms. The van der Waals surface area contributed by atoms with Gasteiger partial charge in [-0.15, -0.1) is 0 Å². The maximum atomic E-state index is 10.5.